The van der Waals surface area contributed by atoms with Gasteiger partial charge >= 0.3 is 5.97 Å². The molecule has 0 aliphatic heterocycles. The van der Waals surface area contributed by atoms with Crippen LogP contribution < -0.4 is 5.32 Å². The zero-order valence-electron chi connectivity index (χ0n) is 16.8. The second kappa shape index (κ2) is 16.2. The predicted octanol–water partition coefficient (Wildman–Crippen LogP) is 5.17. The Hall–Kier alpha value is -1.32. The normalized spacial score (nSPS) is 13.8. The Kier molecular flexibility index (Phi) is 15.3. The molecule has 25 heavy (non-hydrogen) atoms. The van der Waals surface area contributed by atoms with Crippen molar-refractivity contribution in [3.8, 4) is 0 Å². The predicted molar refractivity (Wildman–Crippen MR) is 104 cm³/mol. The summed E-state index contributed by atoms with van der Waals surface area (Å²) in [6.45, 7) is 8.31. The van der Waals surface area contributed by atoms with Gasteiger partial charge < -0.3 is 10.1 Å². The van der Waals surface area contributed by atoms with Crippen molar-refractivity contribution in [1.29, 1.82) is 0 Å². The number of allylic oxidation sites excluding steroid dienone is 2. The van der Waals surface area contributed by atoms with E-state index in [-0.39, 0.29) is 12.1 Å². The summed E-state index contributed by atoms with van der Waals surface area (Å²) in [6.07, 6.45) is 15.8. The SMILES string of the molecule is CCCCCCCC=CCC[C@@H](CC)OC(=O)[C@H](CC(C)C)NC=O. The third kappa shape index (κ3) is 13.6. The standard InChI is InChI=1S/C21H39NO3/c1-5-7-8-9-10-11-12-13-14-15-19(6-2)25-21(24)20(22-17-23)16-18(3)4/h12-13,17-20H,5-11,14-16H2,1-4H3,(H,22,23)/t19-,20+/m1/s1. The van der Waals surface area contributed by atoms with E-state index in [9.17, 15) is 9.59 Å². The fourth-order valence-corrected chi connectivity index (χ4v) is 2.76. The molecule has 146 valence electrons. The first-order chi connectivity index (χ1) is 12.0. The Labute approximate surface area is 154 Å². The highest BCUT2D eigenvalue weighted by molar-refractivity contribution is 5.78. The van der Waals surface area contributed by atoms with Crippen LogP contribution in [0, 0.1) is 5.92 Å². The van der Waals surface area contributed by atoms with Crippen molar-refractivity contribution in [3.05, 3.63) is 12.2 Å². The number of amides is 1. The smallest absolute Gasteiger partial charge is 0.328 e. The molecular weight excluding hydrogens is 314 g/mol. The van der Waals surface area contributed by atoms with E-state index in [0.29, 0.717) is 18.7 Å². The van der Waals surface area contributed by atoms with Gasteiger partial charge in [-0.25, -0.2) is 4.79 Å². The maximum atomic E-state index is 12.2. The molecule has 0 fully saturated rings. The van der Waals surface area contributed by atoms with Gasteiger partial charge in [0.05, 0.1) is 0 Å². The van der Waals surface area contributed by atoms with Crippen LogP contribution in [0.1, 0.15) is 91.9 Å². The van der Waals surface area contributed by atoms with E-state index in [1.807, 2.05) is 20.8 Å². The van der Waals surface area contributed by atoms with Gasteiger partial charge in [-0.3, -0.25) is 4.79 Å². The summed E-state index contributed by atoms with van der Waals surface area (Å²) >= 11 is 0. The molecule has 1 amide bonds. The Morgan fingerprint density at radius 1 is 1.04 bits per heavy atom. The average Bonchev–Trinajstić information content (AvgIpc) is 2.58. The topological polar surface area (TPSA) is 55.4 Å². The van der Waals surface area contributed by atoms with Gasteiger partial charge in [-0.05, 0) is 44.4 Å². The van der Waals surface area contributed by atoms with Crippen LogP contribution in [0.5, 0.6) is 0 Å². The first-order valence-corrected chi connectivity index (χ1v) is 10.1. The van der Waals surface area contributed by atoms with Crippen molar-refractivity contribution in [2.45, 2.75) is 104 Å². The molecule has 0 saturated carbocycles. The van der Waals surface area contributed by atoms with E-state index >= 15 is 0 Å². The molecule has 2 atom stereocenters. The van der Waals surface area contributed by atoms with Gasteiger partial charge in [-0.2, -0.15) is 0 Å². The molecule has 4 heteroatoms. The lowest BCUT2D eigenvalue weighted by Gasteiger charge is -2.21. The molecule has 0 saturated heterocycles. The number of hydrogen-bond acceptors (Lipinski definition) is 3. The van der Waals surface area contributed by atoms with E-state index in [4.69, 9.17) is 4.74 Å². The molecule has 0 bridgehead atoms. The lowest BCUT2D eigenvalue weighted by Crippen LogP contribution is -2.40. The molecule has 0 spiro atoms. The van der Waals surface area contributed by atoms with E-state index in [0.717, 1.165) is 25.7 Å². The molecule has 0 aromatic carbocycles. The molecule has 0 unspecified atom stereocenters. The lowest BCUT2D eigenvalue weighted by atomic mass is 10.0. The van der Waals surface area contributed by atoms with Gasteiger partial charge in [-0.1, -0.05) is 65.5 Å². The summed E-state index contributed by atoms with van der Waals surface area (Å²) < 4.78 is 5.59. The number of nitrogens with one attached hydrogen (secondary N) is 1. The van der Waals surface area contributed by atoms with Crippen molar-refractivity contribution >= 4 is 12.4 Å². The van der Waals surface area contributed by atoms with Gasteiger partial charge in [0.15, 0.2) is 0 Å². The quantitative estimate of drug-likeness (QED) is 0.180. The zero-order valence-corrected chi connectivity index (χ0v) is 16.8. The second-order valence-corrected chi connectivity index (χ2v) is 7.19. The van der Waals surface area contributed by atoms with Crippen LogP contribution in [-0.4, -0.2) is 24.5 Å². The largest absolute Gasteiger partial charge is 0.461 e. The first-order valence-electron chi connectivity index (χ1n) is 10.1. The van der Waals surface area contributed by atoms with Crippen molar-refractivity contribution in [2.75, 3.05) is 0 Å². The lowest BCUT2D eigenvalue weighted by molar-refractivity contribution is -0.153. The Balaban J connectivity index is 4.06. The summed E-state index contributed by atoms with van der Waals surface area (Å²) in [5, 5.41) is 2.58. The molecule has 0 aromatic rings. The van der Waals surface area contributed by atoms with Crippen LogP contribution in [-0.2, 0) is 14.3 Å². The fourth-order valence-electron chi connectivity index (χ4n) is 2.76. The molecule has 0 rings (SSSR count). The van der Waals surface area contributed by atoms with Crippen molar-refractivity contribution in [2.24, 2.45) is 5.92 Å². The fraction of sp³-hybridized carbons (Fsp3) is 0.810. The van der Waals surface area contributed by atoms with Crippen LogP contribution in [0.2, 0.25) is 0 Å². The minimum atomic E-state index is -0.537. The number of carbonyl (C=O) groups excluding carboxylic acids is 2. The maximum absolute atomic E-state index is 12.2. The minimum absolute atomic E-state index is 0.0789. The summed E-state index contributed by atoms with van der Waals surface area (Å²) in [5.74, 6) is 0.0119. The number of unbranched alkanes of at least 4 members (excludes halogenated alkanes) is 5. The summed E-state index contributed by atoms with van der Waals surface area (Å²) in [4.78, 5) is 22.9. The highest BCUT2D eigenvalue weighted by Crippen LogP contribution is 2.13. The van der Waals surface area contributed by atoms with Gasteiger partial charge in [0.2, 0.25) is 6.41 Å². The van der Waals surface area contributed by atoms with E-state index in [1.165, 1.54) is 32.1 Å². The zero-order chi connectivity index (χ0) is 18.9. The molecule has 0 radical (unpaired) electrons. The highest BCUT2D eigenvalue weighted by Gasteiger charge is 2.23. The van der Waals surface area contributed by atoms with E-state index < -0.39 is 6.04 Å². The third-order valence-electron chi connectivity index (χ3n) is 4.30. The van der Waals surface area contributed by atoms with Crippen molar-refractivity contribution < 1.29 is 14.3 Å². The monoisotopic (exact) mass is 353 g/mol. The highest BCUT2D eigenvalue weighted by atomic mass is 16.5. The summed E-state index contributed by atoms with van der Waals surface area (Å²) in [7, 11) is 0. The molecular formula is C21H39NO3. The number of ether oxygens (including phenoxy) is 1. The van der Waals surface area contributed by atoms with Gasteiger partial charge in [0, 0.05) is 0 Å². The number of hydrogen-bond donors (Lipinski definition) is 1. The van der Waals surface area contributed by atoms with Crippen molar-refractivity contribution in [3.63, 3.8) is 0 Å². The maximum Gasteiger partial charge on any atom is 0.328 e. The van der Waals surface area contributed by atoms with Gasteiger partial charge in [0.25, 0.3) is 0 Å². The van der Waals surface area contributed by atoms with Gasteiger partial charge in [-0.15, -0.1) is 0 Å². The molecule has 0 aromatic heterocycles. The number of rotatable bonds is 16. The molecule has 1 N–H and O–H groups in total. The van der Waals surface area contributed by atoms with Crippen LogP contribution in [0.15, 0.2) is 12.2 Å². The van der Waals surface area contributed by atoms with Crippen LogP contribution in [0.4, 0.5) is 0 Å². The van der Waals surface area contributed by atoms with Crippen LogP contribution in [0.25, 0.3) is 0 Å². The Morgan fingerprint density at radius 2 is 1.72 bits per heavy atom. The van der Waals surface area contributed by atoms with E-state index in [1.54, 1.807) is 0 Å². The number of esters is 1. The minimum Gasteiger partial charge on any atom is -0.461 e. The molecule has 0 heterocycles. The van der Waals surface area contributed by atoms with Crippen LogP contribution >= 0.6 is 0 Å². The van der Waals surface area contributed by atoms with Crippen molar-refractivity contribution in [1.82, 2.24) is 5.32 Å². The molecule has 0 aliphatic carbocycles. The van der Waals surface area contributed by atoms with Gasteiger partial charge in [0.1, 0.15) is 12.1 Å². The third-order valence-corrected chi connectivity index (χ3v) is 4.30. The van der Waals surface area contributed by atoms with E-state index in [2.05, 4.69) is 24.4 Å². The molecule has 0 aliphatic rings. The summed E-state index contributed by atoms with van der Waals surface area (Å²) in [5.41, 5.74) is 0. The average molecular weight is 354 g/mol. The Bertz CT molecular complexity index is 366. The first kappa shape index (κ1) is 23.7. The second-order valence-electron chi connectivity index (χ2n) is 7.19. The molecule has 4 nitrogen and oxygen atoms in total. The summed E-state index contributed by atoms with van der Waals surface area (Å²) in [6, 6.07) is -0.537. The Morgan fingerprint density at radius 3 is 2.32 bits per heavy atom. The number of carbonyl (C=O) groups is 2. The van der Waals surface area contributed by atoms with Crippen LogP contribution in [0.3, 0.4) is 0 Å².